The molecule has 1 saturated heterocycles. The lowest BCUT2D eigenvalue weighted by Gasteiger charge is -2.28. The zero-order chi connectivity index (χ0) is 12.3. The van der Waals surface area contributed by atoms with Gasteiger partial charge in [-0.3, -0.25) is 4.79 Å². The van der Waals surface area contributed by atoms with E-state index >= 15 is 0 Å². The third kappa shape index (κ3) is 2.99. The Morgan fingerprint density at radius 2 is 2.29 bits per heavy atom. The molecular weight excluding hydrogens is 238 g/mol. The van der Waals surface area contributed by atoms with Crippen LogP contribution in [0.25, 0.3) is 0 Å². The van der Waals surface area contributed by atoms with Gasteiger partial charge in [0.15, 0.2) is 0 Å². The molecule has 2 rings (SSSR count). The van der Waals surface area contributed by atoms with Crippen LogP contribution in [0.4, 0.5) is 0 Å². The van der Waals surface area contributed by atoms with Crippen molar-refractivity contribution in [2.24, 2.45) is 0 Å². The Morgan fingerprint density at radius 1 is 1.47 bits per heavy atom. The molecule has 0 saturated carbocycles. The van der Waals surface area contributed by atoms with Crippen molar-refractivity contribution in [3.63, 3.8) is 0 Å². The highest BCUT2D eigenvalue weighted by atomic mass is 35.5. The molecule has 1 aromatic carbocycles. The Bertz CT molecular complexity index is 400. The van der Waals surface area contributed by atoms with E-state index in [9.17, 15) is 4.79 Å². The summed E-state index contributed by atoms with van der Waals surface area (Å²) in [4.78, 5) is 11.4. The second kappa shape index (κ2) is 5.52. The molecule has 1 aromatic rings. The predicted octanol–water partition coefficient (Wildman–Crippen LogP) is 2.35. The van der Waals surface area contributed by atoms with Gasteiger partial charge in [0.05, 0.1) is 7.11 Å². The van der Waals surface area contributed by atoms with Crippen molar-refractivity contribution in [2.45, 2.75) is 24.8 Å². The first kappa shape index (κ1) is 12.4. The van der Waals surface area contributed by atoms with Crippen LogP contribution in [-0.4, -0.2) is 25.7 Å². The van der Waals surface area contributed by atoms with E-state index in [0.717, 1.165) is 24.4 Å². The number of piperidine rings is 1. The van der Waals surface area contributed by atoms with Gasteiger partial charge in [-0.25, -0.2) is 0 Å². The minimum Gasteiger partial charge on any atom is -0.468 e. The van der Waals surface area contributed by atoms with E-state index in [1.54, 1.807) is 0 Å². The van der Waals surface area contributed by atoms with E-state index < -0.39 is 0 Å². The fraction of sp³-hybridized carbons (Fsp3) is 0.462. The van der Waals surface area contributed by atoms with Crippen molar-refractivity contribution >= 4 is 17.6 Å². The van der Waals surface area contributed by atoms with Crippen LogP contribution in [-0.2, 0) is 9.53 Å². The third-order valence-electron chi connectivity index (χ3n) is 3.22. The van der Waals surface area contributed by atoms with E-state index in [4.69, 9.17) is 16.3 Å². The third-order valence-corrected chi connectivity index (χ3v) is 3.46. The van der Waals surface area contributed by atoms with Gasteiger partial charge >= 0.3 is 5.97 Å². The minimum atomic E-state index is -0.172. The number of methoxy groups -OCH3 is 1. The summed E-state index contributed by atoms with van der Waals surface area (Å²) in [5.74, 6) is 0.254. The smallest absolute Gasteiger partial charge is 0.322 e. The maximum Gasteiger partial charge on any atom is 0.322 e. The van der Waals surface area contributed by atoms with Crippen LogP contribution >= 0.6 is 11.6 Å². The van der Waals surface area contributed by atoms with Gasteiger partial charge in [0, 0.05) is 11.6 Å². The topological polar surface area (TPSA) is 38.3 Å². The van der Waals surface area contributed by atoms with Crippen molar-refractivity contribution in [2.75, 3.05) is 13.7 Å². The van der Waals surface area contributed by atoms with Gasteiger partial charge in [-0.2, -0.15) is 0 Å². The van der Waals surface area contributed by atoms with Gasteiger partial charge in [0.2, 0.25) is 0 Å². The summed E-state index contributed by atoms with van der Waals surface area (Å²) in [6, 6.07) is 7.75. The molecule has 1 fully saturated rings. The molecule has 0 aromatic heterocycles. The number of ether oxygens (including phenoxy) is 1. The average molecular weight is 254 g/mol. The number of halogens is 1. The largest absolute Gasteiger partial charge is 0.468 e. The van der Waals surface area contributed by atoms with Gasteiger partial charge < -0.3 is 10.1 Å². The molecule has 0 aliphatic carbocycles. The Labute approximate surface area is 106 Å². The molecule has 1 heterocycles. The normalized spacial score (nSPS) is 24.4. The van der Waals surface area contributed by atoms with Crippen molar-refractivity contribution in [3.8, 4) is 0 Å². The summed E-state index contributed by atoms with van der Waals surface area (Å²) in [7, 11) is 1.42. The lowest BCUT2D eigenvalue weighted by molar-refractivity contribution is -0.143. The van der Waals surface area contributed by atoms with Crippen LogP contribution in [0.2, 0.25) is 5.02 Å². The second-order valence-corrected chi connectivity index (χ2v) is 4.75. The molecule has 4 heteroatoms. The predicted molar refractivity (Wildman–Crippen MR) is 67.2 cm³/mol. The van der Waals surface area contributed by atoms with Gasteiger partial charge in [0.1, 0.15) is 6.04 Å². The van der Waals surface area contributed by atoms with E-state index in [2.05, 4.69) is 11.4 Å². The highest BCUT2D eigenvalue weighted by Gasteiger charge is 2.26. The summed E-state index contributed by atoms with van der Waals surface area (Å²) >= 11 is 5.97. The first-order valence-electron chi connectivity index (χ1n) is 5.77. The number of esters is 1. The summed E-state index contributed by atoms with van der Waals surface area (Å²) in [6.45, 7) is 0.792. The molecule has 0 spiro atoms. The molecule has 1 aliphatic rings. The van der Waals surface area contributed by atoms with Crippen molar-refractivity contribution in [1.82, 2.24) is 5.32 Å². The SMILES string of the molecule is COC(=O)[C@H]1CC[C@@H](c2cccc(Cl)c2)CN1. The zero-order valence-electron chi connectivity index (χ0n) is 9.78. The Morgan fingerprint density at radius 3 is 2.88 bits per heavy atom. The molecule has 92 valence electrons. The number of hydrogen-bond acceptors (Lipinski definition) is 3. The molecule has 0 amide bonds. The summed E-state index contributed by atoms with van der Waals surface area (Å²) in [6.07, 6.45) is 1.79. The van der Waals surface area contributed by atoms with Crippen molar-refractivity contribution in [3.05, 3.63) is 34.9 Å². The standard InChI is InChI=1S/C13H16ClNO2/c1-17-13(16)12-6-5-10(8-15-12)9-3-2-4-11(14)7-9/h2-4,7,10,12,15H,5-6,8H2,1H3/t10-,12-/m1/s1. The number of nitrogens with one attached hydrogen (secondary N) is 1. The van der Waals surface area contributed by atoms with Gasteiger partial charge in [0.25, 0.3) is 0 Å². The average Bonchev–Trinajstić information content (AvgIpc) is 2.38. The van der Waals surface area contributed by atoms with Crippen LogP contribution in [0.15, 0.2) is 24.3 Å². The maximum absolute atomic E-state index is 11.4. The van der Waals surface area contributed by atoms with Crippen molar-refractivity contribution in [1.29, 1.82) is 0 Å². The van der Waals surface area contributed by atoms with Crippen LogP contribution in [0.1, 0.15) is 24.3 Å². The van der Waals surface area contributed by atoms with E-state index in [1.165, 1.54) is 12.7 Å². The first-order chi connectivity index (χ1) is 8.20. The lowest BCUT2D eigenvalue weighted by Crippen LogP contribution is -2.43. The minimum absolute atomic E-state index is 0.157. The molecule has 17 heavy (non-hydrogen) atoms. The number of carbonyl (C=O) groups is 1. The summed E-state index contributed by atoms with van der Waals surface area (Å²) in [5, 5.41) is 3.98. The highest BCUT2D eigenvalue weighted by molar-refractivity contribution is 6.30. The molecule has 0 radical (unpaired) electrons. The quantitative estimate of drug-likeness (QED) is 0.823. The molecule has 0 bridgehead atoms. The molecule has 2 atom stereocenters. The summed E-state index contributed by atoms with van der Waals surface area (Å²) < 4.78 is 4.73. The van der Waals surface area contributed by atoms with Gasteiger partial charge in [-0.05, 0) is 36.5 Å². The Balaban J connectivity index is 1.97. The van der Waals surface area contributed by atoms with Crippen LogP contribution in [0.5, 0.6) is 0 Å². The van der Waals surface area contributed by atoms with E-state index in [0.29, 0.717) is 5.92 Å². The summed E-state index contributed by atoms with van der Waals surface area (Å²) in [5.41, 5.74) is 1.23. The van der Waals surface area contributed by atoms with E-state index in [1.807, 2.05) is 18.2 Å². The number of carbonyl (C=O) groups excluding carboxylic acids is 1. The Kier molecular flexibility index (Phi) is 4.02. The van der Waals surface area contributed by atoms with Crippen LogP contribution in [0.3, 0.4) is 0 Å². The molecular formula is C13H16ClNO2. The molecule has 1 N–H and O–H groups in total. The number of rotatable bonds is 2. The van der Waals surface area contributed by atoms with Crippen molar-refractivity contribution < 1.29 is 9.53 Å². The lowest BCUT2D eigenvalue weighted by atomic mass is 9.89. The van der Waals surface area contributed by atoms with E-state index in [-0.39, 0.29) is 12.0 Å². The fourth-order valence-electron chi connectivity index (χ4n) is 2.24. The van der Waals surface area contributed by atoms with Gasteiger partial charge in [-0.15, -0.1) is 0 Å². The maximum atomic E-state index is 11.4. The van der Waals surface area contributed by atoms with Crippen LogP contribution < -0.4 is 5.32 Å². The first-order valence-corrected chi connectivity index (χ1v) is 6.15. The molecule has 0 unspecified atom stereocenters. The molecule has 1 aliphatic heterocycles. The van der Waals surface area contributed by atoms with Crippen LogP contribution in [0, 0.1) is 0 Å². The monoisotopic (exact) mass is 253 g/mol. The fourth-order valence-corrected chi connectivity index (χ4v) is 2.44. The number of benzene rings is 1. The van der Waals surface area contributed by atoms with Gasteiger partial charge in [-0.1, -0.05) is 23.7 Å². The zero-order valence-corrected chi connectivity index (χ0v) is 10.5. The Hall–Kier alpha value is -1.06. The molecule has 3 nitrogen and oxygen atoms in total. The highest BCUT2D eigenvalue weighted by Crippen LogP contribution is 2.27. The number of hydrogen-bond donors (Lipinski definition) is 1. The second-order valence-electron chi connectivity index (χ2n) is 4.31.